The Bertz CT molecular complexity index is 263. The molecule has 1 aromatic carbocycles. The fourth-order valence-electron chi connectivity index (χ4n) is 0.910. The second kappa shape index (κ2) is 4.07. The number of rotatable bonds is 3. The highest BCUT2D eigenvalue weighted by molar-refractivity contribution is 5.45. The van der Waals surface area contributed by atoms with E-state index in [1.807, 2.05) is 0 Å². The molecule has 0 spiro atoms. The molecule has 0 bridgehead atoms. The van der Waals surface area contributed by atoms with Crippen LogP contribution >= 0.6 is 0 Å². The number of nitrogens with one attached hydrogen (secondary N) is 1. The van der Waals surface area contributed by atoms with Crippen molar-refractivity contribution in [3.05, 3.63) is 29.6 Å². The standard InChI is InChI=1S/C9H12FNO/c1-7-5-8(11-6-12-2)3-4-9(7)10/h3-5,11H,6H2,1-2H3. The molecule has 0 heterocycles. The normalized spacial score (nSPS) is 9.92. The molecule has 0 radical (unpaired) electrons. The maximum atomic E-state index is 12.8. The van der Waals surface area contributed by atoms with E-state index in [0.29, 0.717) is 12.3 Å². The van der Waals surface area contributed by atoms with E-state index in [-0.39, 0.29) is 5.82 Å². The number of aryl methyl sites for hydroxylation is 1. The number of halogens is 1. The minimum Gasteiger partial charge on any atom is -0.365 e. The van der Waals surface area contributed by atoms with Gasteiger partial charge >= 0.3 is 0 Å². The maximum absolute atomic E-state index is 12.8. The first-order chi connectivity index (χ1) is 5.74. The van der Waals surface area contributed by atoms with Crippen molar-refractivity contribution in [3.8, 4) is 0 Å². The maximum Gasteiger partial charge on any atom is 0.126 e. The van der Waals surface area contributed by atoms with Gasteiger partial charge in [-0.05, 0) is 30.7 Å². The van der Waals surface area contributed by atoms with Crippen LogP contribution in [0.2, 0.25) is 0 Å². The Hall–Kier alpha value is -1.09. The minimum absolute atomic E-state index is 0.182. The lowest BCUT2D eigenvalue weighted by Crippen LogP contribution is -2.03. The summed E-state index contributed by atoms with van der Waals surface area (Å²) in [5.74, 6) is -0.182. The zero-order valence-electron chi connectivity index (χ0n) is 7.23. The predicted molar refractivity (Wildman–Crippen MR) is 46.6 cm³/mol. The van der Waals surface area contributed by atoms with Crippen molar-refractivity contribution in [1.82, 2.24) is 0 Å². The SMILES string of the molecule is COCNc1ccc(F)c(C)c1. The molecule has 1 rings (SSSR count). The first-order valence-corrected chi connectivity index (χ1v) is 3.73. The van der Waals surface area contributed by atoms with E-state index < -0.39 is 0 Å². The summed E-state index contributed by atoms with van der Waals surface area (Å²) < 4.78 is 17.6. The van der Waals surface area contributed by atoms with E-state index in [0.717, 1.165) is 5.69 Å². The van der Waals surface area contributed by atoms with E-state index in [9.17, 15) is 4.39 Å². The van der Waals surface area contributed by atoms with E-state index in [1.54, 1.807) is 26.2 Å². The molecule has 0 aliphatic heterocycles. The van der Waals surface area contributed by atoms with Gasteiger partial charge in [0, 0.05) is 12.8 Å². The molecule has 0 amide bonds. The van der Waals surface area contributed by atoms with Crippen LogP contribution in [0, 0.1) is 12.7 Å². The summed E-state index contributed by atoms with van der Waals surface area (Å²) in [6, 6.07) is 4.86. The fraction of sp³-hybridized carbons (Fsp3) is 0.333. The van der Waals surface area contributed by atoms with E-state index in [1.165, 1.54) is 6.07 Å². The van der Waals surface area contributed by atoms with Gasteiger partial charge in [0.05, 0.1) is 0 Å². The van der Waals surface area contributed by atoms with Crippen molar-refractivity contribution in [2.45, 2.75) is 6.92 Å². The summed E-state index contributed by atoms with van der Waals surface area (Å²) in [4.78, 5) is 0. The Kier molecular flexibility index (Phi) is 3.05. The summed E-state index contributed by atoms with van der Waals surface area (Å²) in [5, 5.41) is 2.97. The van der Waals surface area contributed by atoms with Crippen molar-refractivity contribution in [2.24, 2.45) is 0 Å². The van der Waals surface area contributed by atoms with Gasteiger partial charge < -0.3 is 10.1 Å². The van der Waals surface area contributed by atoms with E-state index >= 15 is 0 Å². The Morgan fingerprint density at radius 1 is 1.50 bits per heavy atom. The van der Waals surface area contributed by atoms with Crippen molar-refractivity contribution < 1.29 is 9.13 Å². The van der Waals surface area contributed by atoms with Crippen molar-refractivity contribution in [2.75, 3.05) is 19.2 Å². The lowest BCUT2D eigenvalue weighted by Gasteiger charge is -2.05. The van der Waals surface area contributed by atoms with Crippen molar-refractivity contribution in [3.63, 3.8) is 0 Å². The number of hydrogen-bond donors (Lipinski definition) is 1. The molecule has 1 N–H and O–H groups in total. The molecule has 2 nitrogen and oxygen atoms in total. The second-order valence-electron chi connectivity index (χ2n) is 2.57. The van der Waals surface area contributed by atoms with Crippen molar-refractivity contribution in [1.29, 1.82) is 0 Å². The first-order valence-electron chi connectivity index (χ1n) is 3.73. The number of anilines is 1. The third-order valence-corrected chi connectivity index (χ3v) is 1.58. The first kappa shape index (κ1) is 9.00. The zero-order valence-corrected chi connectivity index (χ0v) is 7.23. The molecule has 0 saturated heterocycles. The molecule has 0 aliphatic rings. The van der Waals surface area contributed by atoms with Gasteiger partial charge in [0.2, 0.25) is 0 Å². The number of methoxy groups -OCH3 is 1. The highest BCUT2D eigenvalue weighted by Gasteiger charge is 1.96. The van der Waals surface area contributed by atoms with Gasteiger partial charge in [-0.3, -0.25) is 0 Å². The summed E-state index contributed by atoms with van der Waals surface area (Å²) >= 11 is 0. The van der Waals surface area contributed by atoms with Crippen LogP contribution in [-0.2, 0) is 4.74 Å². The highest BCUT2D eigenvalue weighted by atomic mass is 19.1. The summed E-state index contributed by atoms with van der Waals surface area (Å²) in [6.45, 7) is 2.17. The fourth-order valence-corrected chi connectivity index (χ4v) is 0.910. The molecular formula is C9H12FNO. The topological polar surface area (TPSA) is 21.3 Å². The van der Waals surface area contributed by atoms with Crippen LogP contribution < -0.4 is 5.32 Å². The average Bonchev–Trinajstić information content (AvgIpc) is 2.07. The Morgan fingerprint density at radius 3 is 2.83 bits per heavy atom. The molecular weight excluding hydrogens is 157 g/mol. The molecule has 0 aliphatic carbocycles. The Labute approximate surface area is 71.4 Å². The van der Waals surface area contributed by atoms with Gasteiger partial charge in [-0.2, -0.15) is 0 Å². The average molecular weight is 169 g/mol. The van der Waals surface area contributed by atoms with Crippen LogP contribution in [0.15, 0.2) is 18.2 Å². The Morgan fingerprint density at radius 2 is 2.25 bits per heavy atom. The minimum atomic E-state index is -0.182. The van der Waals surface area contributed by atoms with Gasteiger partial charge in [-0.1, -0.05) is 0 Å². The van der Waals surface area contributed by atoms with Crippen LogP contribution in [0.25, 0.3) is 0 Å². The molecule has 0 atom stereocenters. The van der Waals surface area contributed by atoms with Gasteiger partial charge in [-0.15, -0.1) is 0 Å². The molecule has 0 aromatic heterocycles. The van der Waals surface area contributed by atoms with Crippen LogP contribution in [0.1, 0.15) is 5.56 Å². The third-order valence-electron chi connectivity index (χ3n) is 1.58. The predicted octanol–water partition coefficient (Wildman–Crippen LogP) is 2.15. The highest BCUT2D eigenvalue weighted by Crippen LogP contribution is 2.12. The molecule has 66 valence electrons. The molecule has 1 aromatic rings. The number of hydrogen-bond acceptors (Lipinski definition) is 2. The van der Waals surface area contributed by atoms with Crippen molar-refractivity contribution >= 4 is 5.69 Å². The molecule has 0 saturated carbocycles. The number of benzene rings is 1. The molecule has 3 heteroatoms. The smallest absolute Gasteiger partial charge is 0.126 e. The summed E-state index contributed by atoms with van der Waals surface area (Å²) in [6.07, 6.45) is 0. The zero-order chi connectivity index (χ0) is 8.97. The van der Waals surface area contributed by atoms with Crippen LogP contribution in [0.4, 0.5) is 10.1 Å². The second-order valence-corrected chi connectivity index (χ2v) is 2.57. The van der Waals surface area contributed by atoms with Gasteiger partial charge in [0.15, 0.2) is 0 Å². The lowest BCUT2D eigenvalue weighted by molar-refractivity contribution is 0.221. The van der Waals surface area contributed by atoms with Gasteiger partial charge in [-0.25, -0.2) is 4.39 Å². The van der Waals surface area contributed by atoms with E-state index in [2.05, 4.69) is 5.32 Å². The lowest BCUT2D eigenvalue weighted by atomic mass is 10.2. The van der Waals surface area contributed by atoms with Crippen LogP contribution in [-0.4, -0.2) is 13.8 Å². The van der Waals surface area contributed by atoms with E-state index in [4.69, 9.17) is 4.74 Å². The number of ether oxygens (including phenoxy) is 1. The van der Waals surface area contributed by atoms with Gasteiger partial charge in [0.25, 0.3) is 0 Å². The Balaban J connectivity index is 2.69. The molecule has 0 unspecified atom stereocenters. The summed E-state index contributed by atoms with van der Waals surface area (Å²) in [7, 11) is 1.60. The van der Waals surface area contributed by atoms with Gasteiger partial charge in [0.1, 0.15) is 12.5 Å². The quantitative estimate of drug-likeness (QED) is 0.700. The third kappa shape index (κ3) is 2.20. The molecule has 12 heavy (non-hydrogen) atoms. The molecule has 0 fully saturated rings. The van der Waals surface area contributed by atoms with Crippen LogP contribution in [0.3, 0.4) is 0 Å². The largest absolute Gasteiger partial charge is 0.365 e. The summed E-state index contributed by atoms with van der Waals surface area (Å²) in [5.41, 5.74) is 1.51. The monoisotopic (exact) mass is 169 g/mol. The van der Waals surface area contributed by atoms with Crippen LogP contribution in [0.5, 0.6) is 0 Å².